The summed E-state index contributed by atoms with van der Waals surface area (Å²) in [4.78, 5) is 25.7. The summed E-state index contributed by atoms with van der Waals surface area (Å²) in [5, 5.41) is 3.44. The van der Waals surface area contributed by atoms with Crippen molar-refractivity contribution in [1.29, 1.82) is 0 Å². The number of benzene rings is 2. The maximum atomic E-state index is 13.0. The molecule has 2 aromatic rings. The van der Waals surface area contributed by atoms with E-state index in [4.69, 9.17) is 5.73 Å². The molecule has 0 heterocycles. The lowest BCUT2D eigenvalue weighted by Gasteiger charge is -2.31. The Balaban J connectivity index is 1.77. The summed E-state index contributed by atoms with van der Waals surface area (Å²) in [7, 11) is 0. The Hall–Kier alpha value is -2.46. The molecule has 0 saturated heterocycles. The van der Waals surface area contributed by atoms with Crippen LogP contribution in [0.25, 0.3) is 0 Å². The average molecular weight is 320 g/mol. The molecule has 2 aliphatic carbocycles. The monoisotopic (exact) mass is 320 g/mol. The minimum atomic E-state index is -0.0901. The van der Waals surface area contributed by atoms with Crippen LogP contribution < -0.4 is 11.1 Å². The van der Waals surface area contributed by atoms with Crippen LogP contribution in [0, 0.1) is 0 Å². The van der Waals surface area contributed by atoms with Crippen molar-refractivity contribution in [2.24, 2.45) is 5.73 Å². The molecule has 2 atom stereocenters. The fourth-order valence-corrected chi connectivity index (χ4v) is 3.80. The molecule has 122 valence electrons. The first-order chi connectivity index (χ1) is 11.7. The molecule has 0 spiro atoms. The Morgan fingerprint density at radius 3 is 2.25 bits per heavy atom. The number of ketones is 2. The molecule has 0 aliphatic heterocycles. The molecular weight excluding hydrogens is 300 g/mol. The predicted octanol–water partition coefficient (Wildman–Crippen LogP) is 3.14. The molecule has 3 N–H and O–H groups in total. The van der Waals surface area contributed by atoms with Crippen LogP contribution in [-0.2, 0) is 0 Å². The first-order valence-corrected chi connectivity index (χ1v) is 8.50. The van der Waals surface area contributed by atoms with E-state index in [0.29, 0.717) is 22.3 Å². The van der Waals surface area contributed by atoms with Gasteiger partial charge in [0.2, 0.25) is 0 Å². The molecule has 4 nitrogen and oxygen atoms in total. The maximum absolute atomic E-state index is 13.0. The summed E-state index contributed by atoms with van der Waals surface area (Å²) >= 11 is 0. The number of hydrogen-bond acceptors (Lipinski definition) is 4. The second kappa shape index (κ2) is 5.87. The zero-order chi connectivity index (χ0) is 16.7. The number of hydrogen-bond donors (Lipinski definition) is 2. The molecule has 2 aromatic carbocycles. The fourth-order valence-electron chi connectivity index (χ4n) is 3.80. The van der Waals surface area contributed by atoms with Gasteiger partial charge in [-0.15, -0.1) is 0 Å². The van der Waals surface area contributed by atoms with Crippen molar-refractivity contribution < 1.29 is 9.59 Å². The number of fused-ring (bicyclic) bond motifs is 2. The van der Waals surface area contributed by atoms with E-state index in [1.165, 1.54) is 0 Å². The van der Waals surface area contributed by atoms with E-state index in [9.17, 15) is 9.59 Å². The topological polar surface area (TPSA) is 72.2 Å². The van der Waals surface area contributed by atoms with Crippen LogP contribution >= 0.6 is 0 Å². The number of nitrogens with two attached hydrogens (primary N) is 1. The lowest BCUT2D eigenvalue weighted by atomic mass is 9.82. The number of rotatable bonds is 2. The van der Waals surface area contributed by atoms with Gasteiger partial charge < -0.3 is 11.1 Å². The molecule has 1 fully saturated rings. The van der Waals surface area contributed by atoms with Gasteiger partial charge in [0.1, 0.15) is 0 Å². The lowest BCUT2D eigenvalue weighted by Crippen LogP contribution is -2.43. The quantitative estimate of drug-likeness (QED) is 0.761. The molecule has 24 heavy (non-hydrogen) atoms. The molecule has 2 aliphatic rings. The molecule has 0 aromatic heterocycles. The molecule has 4 heteroatoms. The zero-order valence-electron chi connectivity index (χ0n) is 13.4. The van der Waals surface area contributed by atoms with Gasteiger partial charge in [-0.05, 0) is 18.9 Å². The van der Waals surface area contributed by atoms with Crippen molar-refractivity contribution in [3.05, 3.63) is 64.7 Å². The Kier molecular flexibility index (Phi) is 3.69. The minimum absolute atomic E-state index is 0.0799. The van der Waals surface area contributed by atoms with E-state index in [1.54, 1.807) is 30.3 Å². The SMILES string of the molecule is NC1CCCCC1Nc1cccc2c1C(=O)c1ccccc1C2=O. The van der Waals surface area contributed by atoms with Crippen LogP contribution in [0.2, 0.25) is 0 Å². The van der Waals surface area contributed by atoms with Crippen molar-refractivity contribution in [3.63, 3.8) is 0 Å². The molecule has 1 saturated carbocycles. The largest absolute Gasteiger partial charge is 0.380 e. The summed E-state index contributed by atoms with van der Waals surface area (Å²) in [6.07, 6.45) is 4.26. The number of carbonyl (C=O) groups excluding carboxylic acids is 2. The van der Waals surface area contributed by atoms with Crippen LogP contribution in [0.15, 0.2) is 42.5 Å². The van der Waals surface area contributed by atoms with Crippen molar-refractivity contribution in [2.45, 2.75) is 37.8 Å². The van der Waals surface area contributed by atoms with Gasteiger partial charge >= 0.3 is 0 Å². The summed E-state index contributed by atoms with van der Waals surface area (Å²) in [5.74, 6) is -0.176. The third-order valence-corrected chi connectivity index (χ3v) is 5.11. The normalized spacial score (nSPS) is 22.7. The summed E-state index contributed by atoms with van der Waals surface area (Å²) in [5.41, 5.74) is 8.89. The van der Waals surface area contributed by atoms with Crippen LogP contribution in [0.1, 0.15) is 57.5 Å². The molecule has 0 radical (unpaired) electrons. The predicted molar refractivity (Wildman–Crippen MR) is 93.6 cm³/mol. The van der Waals surface area contributed by atoms with Gasteiger partial charge in [-0.2, -0.15) is 0 Å². The van der Waals surface area contributed by atoms with E-state index in [0.717, 1.165) is 31.4 Å². The highest BCUT2D eigenvalue weighted by atomic mass is 16.1. The van der Waals surface area contributed by atoms with E-state index in [1.807, 2.05) is 12.1 Å². The third-order valence-electron chi connectivity index (χ3n) is 5.11. The number of carbonyl (C=O) groups is 2. The Morgan fingerprint density at radius 1 is 0.833 bits per heavy atom. The number of nitrogens with one attached hydrogen (secondary N) is 1. The molecule has 4 rings (SSSR count). The van der Waals surface area contributed by atoms with Gasteiger partial charge in [-0.3, -0.25) is 9.59 Å². The second-order valence-electron chi connectivity index (χ2n) is 6.63. The summed E-state index contributed by atoms with van der Waals surface area (Å²) < 4.78 is 0. The van der Waals surface area contributed by atoms with Gasteiger partial charge in [0.25, 0.3) is 0 Å². The van der Waals surface area contributed by atoms with Gasteiger partial charge in [0, 0.05) is 34.5 Å². The standard InChI is InChI=1S/C20H20N2O2/c21-15-9-3-4-10-16(15)22-17-11-5-8-14-18(17)20(24)13-7-2-1-6-12(13)19(14)23/h1-2,5-8,11,15-16,22H,3-4,9-10,21H2. The highest BCUT2D eigenvalue weighted by Gasteiger charge is 2.32. The molecule has 2 unspecified atom stereocenters. The maximum Gasteiger partial charge on any atom is 0.196 e. The van der Waals surface area contributed by atoms with Gasteiger partial charge in [-0.25, -0.2) is 0 Å². The minimum Gasteiger partial charge on any atom is -0.380 e. The molecule has 0 bridgehead atoms. The van der Waals surface area contributed by atoms with Crippen molar-refractivity contribution in [3.8, 4) is 0 Å². The zero-order valence-corrected chi connectivity index (χ0v) is 13.4. The van der Waals surface area contributed by atoms with Gasteiger partial charge in [0.05, 0.1) is 5.56 Å². The van der Waals surface area contributed by atoms with Gasteiger partial charge in [-0.1, -0.05) is 49.2 Å². The van der Waals surface area contributed by atoms with E-state index in [-0.39, 0.29) is 23.7 Å². The van der Waals surface area contributed by atoms with E-state index >= 15 is 0 Å². The Morgan fingerprint density at radius 2 is 1.50 bits per heavy atom. The smallest absolute Gasteiger partial charge is 0.196 e. The van der Waals surface area contributed by atoms with E-state index < -0.39 is 0 Å². The average Bonchev–Trinajstić information content (AvgIpc) is 2.61. The van der Waals surface area contributed by atoms with Crippen molar-refractivity contribution >= 4 is 17.3 Å². The van der Waals surface area contributed by atoms with Gasteiger partial charge in [0.15, 0.2) is 11.6 Å². The van der Waals surface area contributed by atoms with Crippen molar-refractivity contribution in [2.75, 3.05) is 5.32 Å². The Bertz CT molecular complexity index is 828. The first-order valence-electron chi connectivity index (χ1n) is 8.50. The third kappa shape index (κ3) is 2.34. The van der Waals surface area contributed by atoms with E-state index in [2.05, 4.69) is 5.32 Å². The first kappa shape index (κ1) is 15.1. The number of anilines is 1. The summed E-state index contributed by atoms with van der Waals surface area (Å²) in [6, 6.07) is 12.7. The molecule has 0 amide bonds. The highest BCUT2D eigenvalue weighted by Crippen LogP contribution is 2.33. The molecular formula is C20H20N2O2. The van der Waals surface area contributed by atoms with Crippen molar-refractivity contribution in [1.82, 2.24) is 0 Å². The summed E-state index contributed by atoms with van der Waals surface area (Å²) in [6.45, 7) is 0. The van der Waals surface area contributed by atoms with Crippen LogP contribution in [-0.4, -0.2) is 23.7 Å². The van der Waals surface area contributed by atoms with Crippen LogP contribution in [0.5, 0.6) is 0 Å². The lowest BCUT2D eigenvalue weighted by molar-refractivity contribution is 0.0979. The van der Waals surface area contributed by atoms with Crippen LogP contribution in [0.4, 0.5) is 5.69 Å². The second-order valence-corrected chi connectivity index (χ2v) is 6.63. The fraction of sp³-hybridized carbons (Fsp3) is 0.300. The highest BCUT2D eigenvalue weighted by molar-refractivity contribution is 6.30. The Labute approximate surface area is 141 Å². The van der Waals surface area contributed by atoms with Crippen LogP contribution in [0.3, 0.4) is 0 Å².